The van der Waals surface area contributed by atoms with Gasteiger partial charge < -0.3 is 14.4 Å². The average molecular weight is 271 g/mol. The first-order chi connectivity index (χ1) is 9.78. The molecule has 1 aromatic heterocycles. The molecule has 0 saturated heterocycles. The third kappa shape index (κ3) is 1.61. The highest BCUT2D eigenvalue weighted by Crippen LogP contribution is 2.39. The molecule has 2 aliphatic rings. The van der Waals surface area contributed by atoms with E-state index in [1.807, 2.05) is 0 Å². The van der Waals surface area contributed by atoms with Crippen molar-refractivity contribution in [1.82, 2.24) is 0 Å². The van der Waals surface area contributed by atoms with E-state index in [1.165, 1.54) is 23.2 Å². The first-order valence-electron chi connectivity index (χ1n) is 7.25. The van der Waals surface area contributed by atoms with Crippen LogP contribution in [0.25, 0.3) is 11.0 Å². The van der Waals surface area contributed by atoms with Gasteiger partial charge in [-0.3, -0.25) is 0 Å². The maximum absolute atomic E-state index is 11.9. The number of aliphatic hydroxyl groups is 1. The molecule has 2 aliphatic heterocycles. The lowest BCUT2D eigenvalue weighted by molar-refractivity contribution is 0.276. The smallest absolute Gasteiger partial charge is 0.341 e. The van der Waals surface area contributed by atoms with Crippen LogP contribution in [0.3, 0.4) is 0 Å². The molecule has 1 aromatic carbocycles. The monoisotopic (exact) mass is 271 g/mol. The second-order valence-electron chi connectivity index (χ2n) is 5.69. The Morgan fingerprint density at radius 1 is 1.20 bits per heavy atom. The lowest BCUT2D eigenvalue weighted by atomic mass is 9.90. The Morgan fingerprint density at radius 2 is 2.00 bits per heavy atom. The van der Waals surface area contributed by atoms with Gasteiger partial charge in [0.1, 0.15) is 5.58 Å². The summed E-state index contributed by atoms with van der Waals surface area (Å²) in [5.74, 6) is 0. The fourth-order valence-corrected chi connectivity index (χ4v) is 3.60. The summed E-state index contributed by atoms with van der Waals surface area (Å²) in [4.78, 5) is 14.3. The van der Waals surface area contributed by atoms with E-state index in [1.54, 1.807) is 6.07 Å². The van der Waals surface area contributed by atoms with E-state index < -0.39 is 5.63 Å². The van der Waals surface area contributed by atoms with E-state index >= 15 is 0 Å². The number of hydrogen-bond donors (Lipinski definition) is 1. The molecule has 0 amide bonds. The van der Waals surface area contributed by atoms with Crippen LogP contribution in [-0.4, -0.2) is 18.2 Å². The van der Waals surface area contributed by atoms with Gasteiger partial charge in [0.25, 0.3) is 0 Å². The third-order valence-corrected chi connectivity index (χ3v) is 4.46. The van der Waals surface area contributed by atoms with Crippen LogP contribution in [-0.2, 0) is 19.4 Å². The Bertz CT molecular complexity index is 745. The number of anilines is 1. The summed E-state index contributed by atoms with van der Waals surface area (Å²) in [6.45, 7) is 1.94. The summed E-state index contributed by atoms with van der Waals surface area (Å²) in [7, 11) is 0. The van der Waals surface area contributed by atoms with E-state index in [0.29, 0.717) is 5.56 Å². The highest BCUT2D eigenvalue weighted by molar-refractivity contribution is 5.88. The summed E-state index contributed by atoms with van der Waals surface area (Å²) < 4.78 is 5.51. The molecule has 0 unspecified atom stereocenters. The molecule has 20 heavy (non-hydrogen) atoms. The number of aryl methyl sites for hydroxylation is 2. The van der Waals surface area contributed by atoms with Gasteiger partial charge in [0.15, 0.2) is 0 Å². The van der Waals surface area contributed by atoms with Crippen molar-refractivity contribution >= 4 is 16.7 Å². The molecule has 3 heterocycles. The molecular weight excluding hydrogens is 254 g/mol. The molecule has 0 radical (unpaired) electrons. The summed E-state index contributed by atoms with van der Waals surface area (Å²) >= 11 is 0. The molecular formula is C16H17NO3. The van der Waals surface area contributed by atoms with Crippen molar-refractivity contribution < 1.29 is 9.52 Å². The van der Waals surface area contributed by atoms with Crippen LogP contribution in [0.5, 0.6) is 0 Å². The summed E-state index contributed by atoms with van der Waals surface area (Å²) in [5.41, 5.74) is 4.49. The molecule has 4 rings (SSSR count). The van der Waals surface area contributed by atoms with E-state index in [0.717, 1.165) is 43.3 Å². The molecule has 0 fully saturated rings. The van der Waals surface area contributed by atoms with Crippen molar-refractivity contribution in [3.05, 3.63) is 39.2 Å². The van der Waals surface area contributed by atoms with Gasteiger partial charge in [-0.05, 0) is 43.4 Å². The number of nitrogens with zero attached hydrogens (tertiary/aromatic N) is 1. The van der Waals surface area contributed by atoms with Gasteiger partial charge in [0, 0.05) is 29.7 Å². The summed E-state index contributed by atoms with van der Waals surface area (Å²) in [6.07, 6.45) is 4.35. The molecule has 0 spiro atoms. The Kier molecular flexibility index (Phi) is 2.60. The van der Waals surface area contributed by atoms with Gasteiger partial charge in [0.05, 0.1) is 12.2 Å². The lowest BCUT2D eigenvalue weighted by Gasteiger charge is -2.37. The van der Waals surface area contributed by atoms with Gasteiger partial charge in [0.2, 0.25) is 0 Å². The highest BCUT2D eigenvalue weighted by atomic mass is 16.4. The molecule has 0 aliphatic carbocycles. The van der Waals surface area contributed by atoms with Crippen molar-refractivity contribution in [2.45, 2.75) is 32.3 Å². The van der Waals surface area contributed by atoms with Gasteiger partial charge in [-0.1, -0.05) is 0 Å². The fourth-order valence-electron chi connectivity index (χ4n) is 3.60. The minimum atomic E-state index is -0.413. The number of fused-ring (bicyclic) bond motifs is 2. The molecule has 0 saturated carbocycles. The van der Waals surface area contributed by atoms with Crippen LogP contribution in [0.15, 0.2) is 21.3 Å². The van der Waals surface area contributed by atoms with E-state index in [4.69, 9.17) is 4.42 Å². The van der Waals surface area contributed by atoms with Crippen LogP contribution in [0, 0.1) is 0 Å². The SMILES string of the molecule is O=c1oc2c3c4c(cc2cc1CO)CCCN4CCC3. The molecule has 4 nitrogen and oxygen atoms in total. The lowest BCUT2D eigenvalue weighted by Crippen LogP contribution is -2.34. The van der Waals surface area contributed by atoms with Gasteiger partial charge >= 0.3 is 5.63 Å². The zero-order chi connectivity index (χ0) is 13.7. The number of rotatable bonds is 1. The Hall–Kier alpha value is -1.81. The summed E-state index contributed by atoms with van der Waals surface area (Å²) in [5, 5.41) is 10.2. The zero-order valence-electron chi connectivity index (χ0n) is 11.3. The maximum atomic E-state index is 11.9. The van der Waals surface area contributed by atoms with Crippen LogP contribution >= 0.6 is 0 Å². The minimum absolute atomic E-state index is 0.267. The maximum Gasteiger partial charge on any atom is 0.341 e. The quantitative estimate of drug-likeness (QED) is 0.806. The topological polar surface area (TPSA) is 53.7 Å². The Labute approximate surface area is 116 Å². The van der Waals surface area contributed by atoms with E-state index in [2.05, 4.69) is 11.0 Å². The largest absolute Gasteiger partial charge is 0.422 e. The van der Waals surface area contributed by atoms with Crippen LogP contribution in [0.1, 0.15) is 29.5 Å². The second-order valence-corrected chi connectivity index (χ2v) is 5.69. The number of hydrogen-bond acceptors (Lipinski definition) is 4. The van der Waals surface area contributed by atoms with Crippen molar-refractivity contribution in [3.8, 4) is 0 Å². The molecule has 1 N–H and O–H groups in total. The van der Waals surface area contributed by atoms with Gasteiger partial charge in [-0.15, -0.1) is 0 Å². The van der Waals surface area contributed by atoms with Crippen molar-refractivity contribution in [2.75, 3.05) is 18.0 Å². The second kappa shape index (κ2) is 4.35. The predicted molar refractivity (Wildman–Crippen MR) is 77.3 cm³/mol. The van der Waals surface area contributed by atoms with Crippen molar-refractivity contribution in [1.29, 1.82) is 0 Å². The van der Waals surface area contributed by atoms with E-state index in [-0.39, 0.29) is 6.61 Å². The first kappa shape index (κ1) is 12.0. The highest BCUT2D eigenvalue weighted by Gasteiger charge is 2.26. The first-order valence-corrected chi connectivity index (χ1v) is 7.25. The van der Waals surface area contributed by atoms with Crippen LogP contribution < -0.4 is 10.5 Å². The average Bonchev–Trinajstić information content (AvgIpc) is 2.48. The minimum Gasteiger partial charge on any atom is -0.422 e. The number of aliphatic hydroxyl groups excluding tert-OH is 1. The molecule has 4 heteroatoms. The van der Waals surface area contributed by atoms with E-state index in [9.17, 15) is 9.90 Å². The van der Waals surface area contributed by atoms with Crippen LogP contribution in [0.4, 0.5) is 5.69 Å². The normalized spacial score (nSPS) is 17.4. The Balaban J connectivity index is 2.07. The predicted octanol–water partition coefficient (Wildman–Crippen LogP) is 1.98. The standard InChI is InChI=1S/C16H17NO3/c18-9-12-8-11-7-10-3-1-5-17-6-2-4-13(14(10)17)15(11)20-16(12)19/h7-8,18H,1-6,9H2. The summed E-state index contributed by atoms with van der Waals surface area (Å²) in [6, 6.07) is 3.92. The molecule has 0 atom stereocenters. The molecule has 2 aromatic rings. The third-order valence-electron chi connectivity index (χ3n) is 4.46. The van der Waals surface area contributed by atoms with Gasteiger partial charge in [-0.25, -0.2) is 4.79 Å². The zero-order valence-corrected chi connectivity index (χ0v) is 11.3. The van der Waals surface area contributed by atoms with Gasteiger partial charge in [-0.2, -0.15) is 0 Å². The van der Waals surface area contributed by atoms with Crippen molar-refractivity contribution in [2.24, 2.45) is 0 Å². The fraction of sp³-hybridized carbons (Fsp3) is 0.438. The molecule has 104 valence electrons. The molecule has 0 bridgehead atoms. The van der Waals surface area contributed by atoms with Crippen molar-refractivity contribution in [3.63, 3.8) is 0 Å². The Morgan fingerprint density at radius 3 is 2.80 bits per heavy atom. The van der Waals surface area contributed by atoms with Crippen LogP contribution in [0.2, 0.25) is 0 Å². The number of benzene rings is 1.